The normalized spacial score (nSPS) is 17.8. The van der Waals surface area contributed by atoms with Crippen LogP contribution in [0.5, 0.6) is 0 Å². The molecule has 0 heterocycles. The first-order valence-electron chi connectivity index (χ1n) is 5.88. The van der Waals surface area contributed by atoms with E-state index in [0.717, 1.165) is 12.1 Å². The van der Waals surface area contributed by atoms with Crippen LogP contribution in [0.1, 0.15) is 31.4 Å². The van der Waals surface area contributed by atoms with Crippen LogP contribution in [0.25, 0.3) is 0 Å². The molecule has 88 valence electrons. The molecule has 0 bridgehead atoms. The molecule has 0 aliphatic heterocycles. The van der Waals surface area contributed by atoms with Crippen molar-refractivity contribution in [1.82, 2.24) is 4.90 Å². The number of hydrogen-bond acceptors (Lipinski definition) is 2. The third-order valence-corrected chi connectivity index (χ3v) is 3.35. The molecule has 0 amide bonds. The summed E-state index contributed by atoms with van der Waals surface area (Å²) in [6.07, 6.45) is 2.12. The van der Waals surface area contributed by atoms with Crippen LogP contribution in [0.2, 0.25) is 5.02 Å². The van der Waals surface area contributed by atoms with Crippen molar-refractivity contribution < 1.29 is 5.11 Å². The summed E-state index contributed by atoms with van der Waals surface area (Å²) in [5.74, 6) is 0. The fraction of sp³-hybridized carbons (Fsp3) is 0.538. The lowest BCUT2D eigenvalue weighted by molar-refractivity contribution is 0.112. The molecular formula is C13H18ClNO. The second-order valence-corrected chi connectivity index (χ2v) is 4.83. The summed E-state index contributed by atoms with van der Waals surface area (Å²) < 4.78 is 0. The Balaban J connectivity index is 1.98. The number of nitrogens with zero attached hydrogens (tertiary/aromatic N) is 1. The highest BCUT2D eigenvalue weighted by molar-refractivity contribution is 6.30. The van der Waals surface area contributed by atoms with Gasteiger partial charge >= 0.3 is 0 Å². The smallest absolute Gasteiger partial charge is 0.0917 e. The Kier molecular flexibility index (Phi) is 3.85. The molecule has 2 nitrogen and oxygen atoms in total. The molecule has 0 saturated heterocycles. The van der Waals surface area contributed by atoms with E-state index < -0.39 is 6.10 Å². The second-order valence-electron chi connectivity index (χ2n) is 4.39. The van der Waals surface area contributed by atoms with Crippen molar-refractivity contribution in [3.63, 3.8) is 0 Å². The van der Waals surface area contributed by atoms with Gasteiger partial charge in [-0.3, -0.25) is 4.90 Å². The number of benzene rings is 1. The van der Waals surface area contributed by atoms with E-state index in [0.29, 0.717) is 17.6 Å². The summed E-state index contributed by atoms with van der Waals surface area (Å²) in [4.78, 5) is 2.34. The zero-order valence-electron chi connectivity index (χ0n) is 9.56. The average molecular weight is 240 g/mol. The van der Waals surface area contributed by atoms with E-state index in [2.05, 4.69) is 11.8 Å². The van der Waals surface area contributed by atoms with Gasteiger partial charge in [-0.1, -0.05) is 30.7 Å². The molecule has 1 saturated carbocycles. The van der Waals surface area contributed by atoms with E-state index in [1.807, 2.05) is 24.3 Å². The molecule has 16 heavy (non-hydrogen) atoms. The van der Waals surface area contributed by atoms with Gasteiger partial charge in [0.25, 0.3) is 0 Å². The molecular weight excluding hydrogens is 222 g/mol. The summed E-state index contributed by atoms with van der Waals surface area (Å²) in [6, 6.07) is 8.17. The lowest BCUT2D eigenvalue weighted by atomic mass is 10.1. The highest BCUT2D eigenvalue weighted by atomic mass is 35.5. The molecule has 1 aromatic rings. The van der Waals surface area contributed by atoms with Gasteiger partial charge in [0.15, 0.2) is 0 Å². The van der Waals surface area contributed by atoms with Gasteiger partial charge in [-0.15, -0.1) is 0 Å². The van der Waals surface area contributed by atoms with E-state index in [9.17, 15) is 5.11 Å². The number of halogens is 1. The summed E-state index contributed by atoms with van der Waals surface area (Å²) in [5, 5.41) is 10.8. The molecule has 1 fully saturated rings. The van der Waals surface area contributed by atoms with Crippen LogP contribution in [0, 0.1) is 0 Å². The Morgan fingerprint density at radius 3 is 2.81 bits per heavy atom. The topological polar surface area (TPSA) is 23.5 Å². The van der Waals surface area contributed by atoms with E-state index in [1.165, 1.54) is 12.8 Å². The highest BCUT2D eigenvalue weighted by Crippen LogP contribution is 2.28. The van der Waals surface area contributed by atoms with Crippen molar-refractivity contribution in [2.75, 3.05) is 13.1 Å². The maximum atomic E-state index is 10.1. The number of hydrogen-bond donors (Lipinski definition) is 1. The van der Waals surface area contributed by atoms with Crippen molar-refractivity contribution in [1.29, 1.82) is 0 Å². The van der Waals surface area contributed by atoms with Crippen molar-refractivity contribution in [3.8, 4) is 0 Å². The predicted octanol–water partition coefficient (Wildman–Crippen LogP) is 2.86. The van der Waals surface area contributed by atoms with Crippen molar-refractivity contribution in [2.45, 2.75) is 31.9 Å². The molecule has 1 N–H and O–H groups in total. The fourth-order valence-electron chi connectivity index (χ4n) is 2.02. The Hall–Kier alpha value is -0.570. The Morgan fingerprint density at radius 2 is 2.25 bits per heavy atom. The molecule has 1 aliphatic carbocycles. The van der Waals surface area contributed by atoms with Crippen LogP contribution in [0.4, 0.5) is 0 Å². The van der Waals surface area contributed by atoms with Gasteiger partial charge in [0.05, 0.1) is 6.10 Å². The number of aliphatic hydroxyl groups excluding tert-OH is 1. The zero-order chi connectivity index (χ0) is 11.5. The minimum Gasteiger partial charge on any atom is -0.387 e. The van der Waals surface area contributed by atoms with Crippen LogP contribution < -0.4 is 0 Å². The Bertz CT molecular complexity index is 352. The summed E-state index contributed by atoms with van der Waals surface area (Å²) in [5.41, 5.74) is 0.909. The first kappa shape index (κ1) is 11.9. The largest absolute Gasteiger partial charge is 0.387 e. The SMILES string of the molecule is CCN(CC(O)c1cccc(Cl)c1)C1CC1. The Labute approximate surface area is 102 Å². The monoisotopic (exact) mass is 239 g/mol. The molecule has 1 unspecified atom stereocenters. The zero-order valence-corrected chi connectivity index (χ0v) is 10.3. The standard InChI is InChI=1S/C13H18ClNO/c1-2-15(12-6-7-12)9-13(16)10-4-3-5-11(14)8-10/h3-5,8,12-13,16H,2,6-7,9H2,1H3. The molecule has 1 aromatic carbocycles. The maximum Gasteiger partial charge on any atom is 0.0917 e. The molecule has 2 rings (SSSR count). The first-order chi connectivity index (χ1) is 7.70. The fourth-order valence-corrected chi connectivity index (χ4v) is 2.22. The van der Waals surface area contributed by atoms with Gasteiger partial charge in [0.2, 0.25) is 0 Å². The van der Waals surface area contributed by atoms with Crippen LogP contribution in [0.3, 0.4) is 0 Å². The quantitative estimate of drug-likeness (QED) is 0.854. The minimum absolute atomic E-state index is 0.431. The van der Waals surface area contributed by atoms with Crippen molar-refractivity contribution in [3.05, 3.63) is 34.9 Å². The molecule has 1 aliphatic rings. The van der Waals surface area contributed by atoms with E-state index >= 15 is 0 Å². The number of aliphatic hydroxyl groups is 1. The van der Waals surface area contributed by atoms with Crippen LogP contribution >= 0.6 is 11.6 Å². The molecule has 3 heteroatoms. The molecule has 0 radical (unpaired) electrons. The summed E-state index contributed by atoms with van der Waals surface area (Å²) in [7, 11) is 0. The average Bonchev–Trinajstić information content (AvgIpc) is 3.09. The molecule has 1 atom stereocenters. The van der Waals surface area contributed by atoms with Crippen molar-refractivity contribution >= 4 is 11.6 Å². The molecule has 0 aromatic heterocycles. The third kappa shape index (κ3) is 2.97. The van der Waals surface area contributed by atoms with Gasteiger partial charge in [-0.05, 0) is 37.1 Å². The van der Waals surface area contributed by atoms with Crippen LogP contribution in [-0.2, 0) is 0 Å². The Morgan fingerprint density at radius 1 is 1.50 bits per heavy atom. The predicted molar refractivity (Wildman–Crippen MR) is 66.7 cm³/mol. The van der Waals surface area contributed by atoms with Gasteiger partial charge in [0, 0.05) is 17.6 Å². The van der Waals surface area contributed by atoms with Gasteiger partial charge in [-0.2, -0.15) is 0 Å². The van der Waals surface area contributed by atoms with Gasteiger partial charge in [0.1, 0.15) is 0 Å². The van der Waals surface area contributed by atoms with Crippen LogP contribution in [-0.4, -0.2) is 29.1 Å². The van der Waals surface area contributed by atoms with Crippen LogP contribution in [0.15, 0.2) is 24.3 Å². The van der Waals surface area contributed by atoms with Gasteiger partial charge in [-0.25, -0.2) is 0 Å². The number of rotatable bonds is 5. The molecule has 0 spiro atoms. The number of likely N-dealkylation sites (N-methyl/N-ethyl adjacent to an activating group) is 1. The lowest BCUT2D eigenvalue weighted by Crippen LogP contribution is -2.30. The van der Waals surface area contributed by atoms with Crippen molar-refractivity contribution in [2.24, 2.45) is 0 Å². The first-order valence-corrected chi connectivity index (χ1v) is 6.26. The maximum absolute atomic E-state index is 10.1. The minimum atomic E-state index is -0.431. The lowest BCUT2D eigenvalue weighted by Gasteiger charge is -2.23. The van der Waals surface area contributed by atoms with E-state index in [4.69, 9.17) is 11.6 Å². The highest BCUT2D eigenvalue weighted by Gasteiger charge is 2.29. The third-order valence-electron chi connectivity index (χ3n) is 3.11. The summed E-state index contributed by atoms with van der Waals surface area (Å²) >= 11 is 5.91. The van der Waals surface area contributed by atoms with E-state index in [1.54, 1.807) is 0 Å². The summed E-state index contributed by atoms with van der Waals surface area (Å²) in [6.45, 7) is 3.85. The second kappa shape index (κ2) is 5.17. The van der Waals surface area contributed by atoms with E-state index in [-0.39, 0.29) is 0 Å². The van der Waals surface area contributed by atoms with Gasteiger partial charge < -0.3 is 5.11 Å².